The lowest BCUT2D eigenvalue weighted by atomic mass is 10.1. The maximum Gasteiger partial charge on any atom is 0.276 e. The number of nitrogens with one attached hydrogen (secondary N) is 1. The predicted molar refractivity (Wildman–Crippen MR) is 112 cm³/mol. The standard InChI is InChI=1S/C22H25N3O4/c1-14(2)18-13-17(24-25(18)16-9-7-6-8-10-16)22(26)23-15-11-19(27-3)21(29-5)20(12-15)28-4/h6-14H,1-5H3,(H,23,26). The quantitative estimate of drug-likeness (QED) is 0.646. The number of hydrogen-bond donors (Lipinski definition) is 1. The van der Waals surface area contributed by atoms with Crippen LogP contribution in [-0.2, 0) is 0 Å². The molecule has 0 unspecified atom stereocenters. The molecule has 1 aromatic heterocycles. The first-order chi connectivity index (χ1) is 14.0. The average molecular weight is 395 g/mol. The molecule has 0 aliphatic rings. The summed E-state index contributed by atoms with van der Waals surface area (Å²) in [6.45, 7) is 4.13. The summed E-state index contributed by atoms with van der Waals surface area (Å²) in [7, 11) is 4.58. The van der Waals surface area contributed by atoms with E-state index in [9.17, 15) is 4.79 Å². The third-order valence-corrected chi connectivity index (χ3v) is 4.48. The van der Waals surface area contributed by atoms with Gasteiger partial charge in [-0.2, -0.15) is 5.10 Å². The zero-order valence-electron chi connectivity index (χ0n) is 17.2. The highest BCUT2D eigenvalue weighted by atomic mass is 16.5. The molecule has 3 rings (SSSR count). The Balaban J connectivity index is 1.94. The van der Waals surface area contributed by atoms with Gasteiger partial charge in [0.15, 0.2) is 17.2 Å². The van der Waals surface area contributed by atoms with Gasteiger partial charge in [-0.15, -0.1) is 0 Å². The van der Waals surface area contributed by atoms with Crippen molar-refractivity contribution in [2.45, 2.75) is 19.8 Å². The molecule has 0 atom stereocenters. The van der Waals surface area contributed by atoms with Crippen molar-refractivity contribution in [2.24, 2.45) is 0 Å². The highest BCUT2D eigenvalue weighted by Crippen LogP contribution is 2.40. The second kappa shape index (κ2) is 8.68. The second-order valence-electron chi connectivity index (χ2n) is 6.72. The number of benzene rings is 2. The third-order valence-electron chi connectivity index (χ3n) is 4.48. The summed E-state index contributed by atoms with van der Waals surface area (Å²) < 4.78 is 17.8. The van der Waals surface area contributed by atoms with Gasteiger partial charge >= 0.3 is 0 Å². The molecule has 7 nitrogen and oxygen atoms in total. The molecule has 0 spiro atoms. The number of ether oxygens (including phenoxy) is 3. The molecule has 0 aliphatic carbocycles. The molecule has 1 amide bonds. The molecular formula is C22H25N3O4. The van der Waals surface area contributed by atoms with Gasteiger partial charge in [-0.1, -0.05) is 32.0 Å². The SMILES string of the molecule is COc1cc(NC(=O)c2cc(C(C)C)n(-c3ccccc3)n2)cc(OC)c1OC. The predicted octanol–water partition coefficient (Wildman–Crippen LogP) is 4.27. The van der Waals surface area contributed by atoms with E-state index in [1.54, 1.807) is 16.8 Å². The summed E-state index contributed by atoms with van der Waals surface area (Å²) in [5.74, 6) is 1.25. The van der Waals surface area contributed by atoms with E-state index in [-0.39, 0.29) is 11.8 Å². The van der Waals surface area contributed by atoms with E-state index in [0.717, 1.165) is 11.4 Å². The lowest BCUT2D eigenvalue weighted by Gasteiger charge is -2.14. The van der Waals surface area contributed by atoms with E-state index in [1.807, 2.05) is 36.4 Å². The second-order valence-corrected chi connectivity index (χ2v) is 6.72. The van der Waals surface area contributed by atoms with Crippen molar-refractivity contribution in [3.8, 4) is 22.9 Å². The number of rotatable bonds is 7. The summed E-state index contributed by atoms with van der Waals surface area (Å²) in [5, 5.41) is 7.39. The number of para-hydroxylation sites is 1. The average Bonchev–Trinajstić information content (AvgIpc) is 3.19. The van der Waals surface area contributed by atoms with Crippen LogP contribution in [0.25, 0.3) is 5.69 Å². The Labute approximate surface area is 170 Å². The van der Waals surface area contributed by atoms with Crippen LogP contribution in [0.2, 0.25) is 0 Å². The molecular weight excluding hydrogens is 370 g/mol. The van der Waals surface area contributed by atoms with Gasteiger partial charge in [0, 0.05) is 23.5 Å². The number of carbonyl (C=O) groups is 1. The van der Waals surface area contributed by atoms with Gasteiger partial charge in [0.25, 0.3) is 5.91 Å². The number of anilines is 1. The van der Waals surface area contributed by atoms with Crippen molar-refractivity contribution in [2.75, 3.05) is 26.6 Å². The Kier molecular flexibility index (Phi) is 6.07. The van der Waals surface area contributed by atoms with E-state index >= 15 is 0 Å². The van der Waals surface area contributed by atoms with E-state index < -0.39 is 0 Å². The van der Waals surface area contributed by atoms with Crippen LogP contribution in [0.4, 0.5) is 5.69 Å². The van der Waals surface area contributed by atoms with Crippen molar-refractivity contribution in [3.63, 3.8) is 0 Å². The van der Waals surface area contributed by atoms with Gasteiger partial charge in [0.1, 0.15) is 0 Å². The van der Waals surface area contributed by atoms with Crippen LogP contribution in [0.5, 0.6) is 17.2 Å². The van der Waals surface area contributed by atoms with Crippen LogP contribution in [0.15, 0.2) is 48.5 Å². The van der Waals surface area contributed by atoms with Crippen molar-refractivity contribution < 1.29 is 19.0 Å². The first-order valence-electron chi connectivity index (χ1n) is 9.25. The highest BCUT2D eigenvalue weighted by molar-refractivity contribution is 6.03. The molecule has 0 saturated carbocycles. The molecule has 7 heteroatoms. The number of carbonyl (C=O) groups excluding carboxylic acids is 1. The minimum Gasteiger partial charge on any atom is -0.493 e. The Bertz CT molecular complexity index is 972. The zero-order chi connectivity index (χ0) is 21.0. The molecule has 1 heterocycles. The molecule has 0 aliphatic heterocycles. The third kappa shape index (κ3) is 4.18. The van der Waals surface area contributed by atoms with Crippen LogP contribution in [0.1, 0.15) is 35.9 Å². The molecule has 0 fully saturated rings. The highest BCUT2D eigenvalue weighted by Gasteiger charge is 2.19. The van der Waals surface area contributed by atoms with E-state index in [2.05, 4.69) is 24.3 Å². The van der Waals surface area contributed by atoms with Crippen molar-refractivity contribution in [3.05, 3.63) is 59.9 Å². The maximum absolute atomic E-state index is 12.9. The number of methoxy groups -OCH3 is 3. The summed E-state index contributed by atoms with van der Waals surface area (Å²) >= 11 is 0. The summed E-state index contributed by atoms with van der Waals surface area (Å²) in [5.41, 5.74) is 2.70. The lowest BCUT2D eigenvalue weighted by molar-refractivity contribution is 0.102. The van der Waals surface area contributed by atoms with E-state index in [4.69, 9.17) is 14.2 Å². The Hall–Kier alpha value is -3.48. The fourth-order valence-electron chi connectivity index (χ4n) is 3.04. The molecule has 29 heavy (non-hydrogen) atoms. The monoisotopic (exact) mass is 395 g/mol. The summed E-state index contributed by atoms with van der Waals surface area (Å²) in [6.07, 6.45) is 0. The first kappa shape index (κ1) is 20.3. The minimum atomic E-state index is -0.323. The Morgan fingerprint density at radius 3 is 2.10 bits per heavy atom. The van der Waals surface area contributed by atoms with Gasteiger partial charge in [-0.25, -0.2) is 4.68 Å². The molecule has 1 N–H and O–H groups in total. The Morgan fingerprint density at radius 1 is 0.966 bits per heavy atom. The molecule has 0 bridgehead atoms. The van der Waals surface area contributed by atoms with Crippen molar-refractivity contribution >= 4 is 11.6 Å². The van der Waals surface area contributed by atoms with Crippen LogP contribution in [0, 0.1) is 0 Å². The topological polar surface area (TPSA) is 74.6 Å². The van der Waals surface area contributed by atoms with Crippen molar-refractivity contribution in [1.82, 2.24) is 9.78 Å². The largest absolute Gasteiger partial charge is 0.493 e. The normalized spacial score (nSPS) is 10.7. The van der Waals surface area contributed by atoms with Gasteiger partial charge in [0.05, 0.1) is 27.0 Å². The first-order valence-corrected chi connectivity index (χ1v) is 9.25. The molecule has 0 radical (unpaired) electrons. The maximum atomic E-state index is 12.9. The number of amides is 1. The van der Waals surface area contributed by atoms with Gasteiger partial charge in [-0.05, 0) is 24.1 Å². The lowest BCUT2D eigenvalue weighted by Crippen LogP contribution is -2.13. The van der Waals surface area contributed by atoms with Crippen LogP contribution in [-0.4, -0.2) is 37.0 Å². The van der Waals surface area contributed by atoms with Crippen LogP contribution >= 0.6 is 0 Å². The smallest absolute Gasteiger partial charge is 0.276 e. The zero-order valence-corrected chi connectivity index (χ0v) is 17.2. The van der Waals surface area contributed by atoms with Crippen LogP contribution < -0.4 is 19.5 Å². The van der Waals surface area contributed by atoms with Gasteiger partial charge in [-0.3, -0.25) is 4.79 Å². The number of aromatic nitrogens is 2. The van der Waals surface area contributed by atoms with E-state index in [0.29, 0.717) is 28.6 Å². The van der Waals surface area contributed by atoms with Crippen molar-refractivity contribution in [1.29, 1.82) is 0 Å². The van der Waals surface area contributed by atoms with Gasteiger partial charge < -0.3 is 19.5 Å². The fraction of sp³-hybridized carbons (Fsp3) is 0.273. The van der Waals surface area contributed by atoms with Crippen LogP contribution in [0.3, 0.4) is 0 Å². The van der Waals surface area contributed by atoms with E-state index in [1.165, 1.54) is 21.3 Å². The molecule has 2 aromatic carbocycles. The molecule has 0 saturated heterocycles. The molecule has 152 valence electrons. The summed E-state index contributed by atoms with van der Waals surface area (Å²) in [4.78, 5) is 12.9. The summed E-state index contributed by atoms with van der Waals surface area (Å²) in [6, 6.07) is 14.9. The van der Waals surface area contributed by atoms with Gasteiger partial charge in [0.2, 0.25) is 5.75 Å². The minimum absolute atomic E-state index is 0.199. The molecule has 3 aromatic rings. The fourth-order valence-corrected chi connectivity index (χ4v) is 3.04. The number of nitrogens with zero attached hydrogens (tertiary/aromatic N) is 2. The number of hydrogen-bond acceptors (Lipinski definition) is 5. The Morgan fingerprint density at radius 2 is 1.59 bits per heavy atom.